The summed E-state index contributed by atoms with van der Waals surface area (Å²) in [5.74, 6) is -1.93. The molecule has 11 heteroatoms. The lowest BCUT2D eigenvalue weighted by Crippen LogP contribution is -2.29. The van der Waals surface area contributed by atoms with Crippen LogP contribution in [0.25, 0.3) is 10.8 Å². The monoisotopic (exact) mass is 543 g/mol. The summed E-state index contributed by atoms with van der Waals surface area (Å²) >= 11 is 6.04. The number of carbonyl (C=O) groups is 2. The number of anilines is 1. The van der Waals surface area contributed by atoms with Crippen molar-refractivity contribution < 1.29 is 27.5 Å². The Morgan fingerprint density at radius 1 is 1.03 bits per heavy atom. The Bertz CT molecular complexity index is 1560. The number of aryl methyl sites for hydroxylation is 1. The number of alkyl halides is 3. The summed E-state index contributed by atoms with van der Waals surface area (Å²) in [5.41, 5.74) is -1.62. The smallest absolute Gasteiger partial charge is 0.416 e. The van der Waals surface area contributed by atoms with Crippen LogP contribution < -0.4 is 10.9 Å². The molecule has 4 rings (SSSR count). The minimum absolute atomic E-state index is 0.135. The number of nitrogens with zero attached hydrogens (tertiary/aromatic N) is 2. The Hall–Kier alpha value is -4.18. The highest BCUT2D eigenvalue weighted by Gasteiger charge is 2.32. The molecule has 0 saturated heterocycles. The van der Waals surface area contributed by atoms with Crippen LogP contribution >= 0.6 is 11.6 Å². The second-order valence-electron chi connectivity index (χ2n) is 8.30. The van der Waals surface area contributed by atoms with Gasteiger partial charge in [0.05, 0.1) is 21.7 Å². The van der Waals surface area contributed by atoms with Crippen molar-refractivity contribution in [3.05, 3.63) is 105 Å². The molecule has 196 valence electrons. The molecular formula is C27H21ClF3N3O4. The van der Waals surface area contributed by atoms with Gasteiger partial charge < -0.3 is 10.1 Å². The van der Waals surface area contributed by atoms with Crippen molar-refractivity contribution in [2.45, 2.75) is 32.2 Å². The van der Waals surface area contributed by atoms with Gasteiger partial charge in [0.15, 0.2) is 5.69 Å². The molecule has 1 heterocycles. The van der Waals surface area contributed by atoms with Crippen molar-refractivity contribution in [2.24, 2.45) is 0 Å². The Labute approximate surface area is 219 Å². The summed E-state index contributed by atoms with van der Waals surface area (Å²) in [6.07, 6.45) is -5.66. The lowest BCUT2D eigenvalue weighted by atomic mass is 10.1. The van der Waals surface area contributed by atoms with Gasteiger partial charge in [-0.15, -0.1) is 0 Å². The average Bonchev–Trinajstić information content (AvgIpc) is 2.90. The van der Waals surface area contributed by atoms with Crippen LogP contribution in [0.4, 0.5) is 18.9 Å². The maximum absolute atomic E-state index is 13.4. The van der Waals surface area contributed by atoms with Crippen LogP contribution in [0.15, 0.2) is 77.6 Å². The second kappa shape index (κ2) is 11.1. The number of fused-ring (bicyclic) bond motifs is 1. The summed E-state index contributed by atoms with van der Waals surface area (Å²) in [4.78, 5) is 39.4. The molecule has 4 aromatic rings. The van der Waals surface area contributed by atoms with E-state index in [1.807, 2.05) is 6.92 Å². The zero-order chi connectivity index (χ0) is 27.4. The molecule has 38 heavy (non-hydrogen) atoms. The van der Waals surface area contributed by atoms with Crippen LogP contribution in [-0.2, 0) is 22.3 Å². The van der Waals surface area contributed by atoms with E-state index in [0.29, 0.717) is 12.5 Å². The van der Waals surface area contributed by atoms with E-state index in [1.54, 1.807) is 36.4 Å². The third-order valence-electron chi connectivity index (χ3n) is 5.61. The number of amides is 1. The van der Waals surface area contributed by atoms with Crippen molar-refractivity contribution in [3.63, 3.8) is 0 Å². The van der Waals surface area contributed by atoms with E-state index in [4.69, 9.17) is 16.3 Å². The van der Waals surface area contributed by atoms with E-state index in [1.165, 1.54) is 18.2 Å². The minimum Gasteiger partial charge on any atom is -0.442 e. The number of hydrogen-bond donors (Lipinski definition) is 1. The molecule has 0 saturated carbocycles. The summed E-state index contributed by atoms with van der Waals surface area (Å²) in [6, 6.07) is 16.8. The van der Waals surface area contributed by atoms with E-state index in [9.17, 15) is 27.6 Å². The highest BCUT2D eigenvalue weighted by molar-refractivity contribution is 6.33. The topological polar surface area (TPSA) is 90.3 Å². The summed E-state index contributed by atoms with van der Waals surface area (Å²) in [7, 11) is 0. The fourth-order valence-corrected chi connectivity index (χ4v) is 3.97. The molecule has 1 amide bonds. The molecule has 0 bridgehead atoms. The highest BCUT2D eigenvalue weighted by Crippen LogP contribution is 2.34. The van der Waals surface area contributed by atoms with Crippen LogP contribution in [0.1, 0.15) is 41.1 Å². The molecule has 0 aliphatic rings. The normalized spacial score (nSPS) is 12.2. The quantitative estimate of drug-likeness (QED) is 0.288. The number of benzene rings is 3. The maximum atomic E-state index is 13.4. The van der Waals surface area contributed by atoms with Crippen LogP contribution in [-0.4, -0.2) is 21.7 Å². The van der Waals surface area contributed by atoms with Gasteiger partial charge in [-0.25, -0.2) is 9.48 Å². The first-order valence-electron chi connectivity index (χ1n) is 11.5. The molecule has 7 nitrogen and oxygen atoms in total. The molecule has 1 atom stereocenters. The van der Waals surface area contributed by atoms with Gasteiger partial charge >= 0.3 is 12.1 Å². The molecule has 0 fully saturated rings. The number of aromatic nitrogens is 2. The Morgan fingerprint density at radius 2 is 1.68 bits per heavy atom. The molecule has 3 aromatic carbocycles. The third kappa shape index (κ3) is 5.70. The van der Waals surface area contributed by atoms with Gasteiger partial charge in [-0.3, -0.25) is 9.59 Å². The first kappa shape index (κ1) is 26.9. The molecule has 0 aliphatic heterocycles. The Kier molecular flexibility index (Phi) is 7.82. The van der Waals surface area contributed by atoms with E-state index in [-0.39, 0.29) is 44.8 Å². The first-order chi connectivity index (χ1) is 18.1. The predicted molar refractivity (Wildman–Crippen MR) is 136 cm³/mol. The molecule has 0 radical (unpaired) electrons. The Balaban J connectivity index is 1.72. The molecule has 1 aromatic heterocycles. The van der Waals surface area contributed by atoms with Crippen molar-refractivity contribution >= 4 is 39.9 Å². The van der Waals surface area contributed by atoms with Gasteiger partial charge in [0.2, 0.25) is 6.10 Å². The minimum atomic E-state index is -4.66. The van der Waals surface area contributed by atoms with E-state index in [2.05, 4.69) is 10.4 Å². The van der Waals surface area contributed by atoms with Crippen LogP contribution in [0.3, 0.4) is 0 Å². The van der Waals surface area contributed by atoms with Gasteiger partial charge in [0.25, 0.3) is 11.5 Å². The van der Waals surface area contributed by atoms with E-state index in [0.717, 1.165) is 16.8 Å². The molecule has 0 spiro atoms. The number of nitrogens with one attached hydrogen (secondary N) is 1. The number of carbonyl (C=O) groups excluding carboxylic acids is 2. The molecule has 0 aliphatic carbocycles. The average molecular weight is 544 g/mol. The van der Waals surface area contributed by atoms with E-state index < -0.39 is 29.7 Å². The fourth-order valence-electron chi connectivity index (χ4n) is 3.81. The SMILES string of the molecule is CCCn1nc(C(=O)OC(C(=O)Nc2cc(C(F)(F)F)ccc2Cl)c2ccccc2)c2ccccc2c1=O. The zero-order valence-corrected chi connectivity index (χ0v) is 20.7. The van der Waals surface area contributed by atoms with Gasteiger partial charge in [0.1, 0.15) is 0 Å². The number of rotatable bonds is 7. The summed E-state index contributed by atoms with van der Waals surface area (Å²) in [5, 5.41) is 6.87. The molecular weight excluding hydrogens is 523 g/mol. The van der Waals surface area contributed by atoms with Crippen molar-refractivity contribution in [3.8, 4) is 0 Å². The largest absolute Gasteiger partial charge is 0.442 e. The van der Waals surface area contributed by atoms with Gasteiger partial charge in [0, 0.05) is 17.5 Å². The first-order valence-corrected chi connectivity index (χ1v) is 11.9. The highest BCUT2D eigenvalue weighted by atomic mass is 35.5. The van der Waals surface area contributed by atoms with Crippen molar-refractivity contribution in [1.82, 2.24) is 9.78 Å². The predicted octanol–water partition coefficient (Wildman–Crippen LogP) is 6.02. The summed E-state index contributed by atoms with van der Waals surface area (Å²) in [6.45, 7) is 2.09. The number of halogens is 4. The van der Waals surface area contributed by atoms with Crippen LogP contribution in [0, 0.1) is 0 Å². The Morgan fingerprint density at radius 3 is 2.34 bits per heavy atom. The van der Waals surface area contributed by atoms with Crippen molar-refractivity contribution in [1.29, 1.82) is 0 Å². The van der Waals surface area contributed by atoms with Crippen LogP contribution in [0.2, 0.25) is 5.02 Å². The lowest BCUT2D eigenvalue weighted by molar-refractivity contribution is -0.137. The number of esters is 1. The van der Waals surface area contributed by atoms with Crippen molar-refractivity contribution in [2.75, 3.05) is 5.32 Å². The lowest BCUT2D eigenvalue weighted by Gasteiger charge is -2.19. The van der Waals surface area contributed by atoms with Gasteiger partial charge in [-0.05, 0) is 30.7 Å². The van der Waals surface area contributed by atoms with E-state index >= 15 is 0 Å². The second-order valence-corrected chi connectivity index (χ2v) is 8.71. The van der Waals surface area contributed by atoms with Crippen LogP contribution in [0.5, 0.6) is 0 Å². The third-order valence-corrected chi connectivity index (χ3v) is 5.94. The summed E-state index contributed by atoms with van der Waals surface area (Å²) < 4.78 is 46.4. The van der Waals surface area contributed by atoms with Gasteiger partial charge in [-0.2, -0.15) is 18.3 Å². The molecule has 1 unspecified atom stereocenters. The maximum Gasteiger partial charge on any atom is 0.416 e. The zero-order valence-electron chi connectivity index (χ0n) is 20.0. The van der Waals surface area contributed by atoms with Gasteiger partial charge in [-0.1, -0.05) is 67.1 Å². The standard InChI is InChI=1S/C27H21ClF3N3O4/c1-2-14-34-25(36)19-11-7-6-10-18(19)22(33-34)26(37)38-23(16-8-4-3-5-9-16)24(35)32-21-15-17(27(29,30)31)12-13-20(21)28/h3-13,15,23H,2,14H2,1H3,(H,32,35). The number of ether oxygens (including phenoxy) is 1. The molecule has 1 N–H and O–H groups in total. The number of hydrogen-bond acceptors (Lipinski definition) is 5. The fraction of sp³-hybridized carbons (Fsp3) is 0.185.